The van der Waals surface area contributed by atoms with E-state index in [1.165, 1.54) is 0 Å². The summed E-state index contributed by atoms with van der Waals surface area (Å²) in [6.07, 6.45) is -0.701. The number of nitro groups is 2. The molecule has 1 aliphatic rings. The van der Waals surface area contributed by atoms with E-state index in [4.69, 9.17) is 9.47 Å². The molecule has 9 nitrogen and oxygen atoms in total. The topological polar surface area (TPSA) is 125 Å². The zero-order valence-corrected chi connectivity index (χ0v) is 10.3. The van der Waals surface area contributed by atoms with Crippen molar-refractivity contribution in [3.05, 3.63) is 44.0 Å². The fourth-order valence-corrected chi connectivity index (χ4v) is 1.56. The Kier molecular flexibility index (Phi) is 3.61. The molecule has 9 heteroatoms. The van der Waals surface area contributed by atoms with E-state index in [0.717, 1.165) is 18.2 Å². The van der Waals surface area contributed by atoms with Gasteiger partial charge in [0.15, 0.2) is 0 Å². The fraction of sp³-hybridized carbons (Fsp3) is 0.364. The van der Waals surface area contributed by atoms with E-state index in [1.807, 2.05) is 0 Å². The van der Waals surface area contributed by atoms with Crippen LogP contribution in [0.4, 0.5) is 11.4 Å². The van der Waals surface area contributed by atoms with Gasteiger partial charge < -0.3 is 9.47 Å². The summed E-state index contributed by atoms with van der Waals surface area (Å²) < 4.78 is 9.96. The first kappa shape index (κ1) is 13.9. The van der Waals surface area contributed by atoms with Gasteiger partial charge in [-0.1, -0.05) is 0 Å². The van der Waals surface area contributed by atoms with E-state index in [9.17, 15) is 25.0 Å². The molecular formula is C11H10N2O7. The zero-order chi connectivity index (χ0) is 14.9. The molecular weight excluding hydrogens is 272 g/mol. The summed E-state index contributed by atoms with van der Waals surface area (Å²) >= 11 is 0. The van der Waals surface area contributed by atoms with Crippen LogP contribution in [-0.4, -0.2) is 34.6 Å². The summed E-state index contributed by atoms with van der Waals surface area (Å²) in [7, 11) is 0. The number of hydrogen-bond donors (Lipinski definition) is 0. The Bertz CT molecular complexity index is 550. The number of epoxide rings is 1. The summed E-state index contributed by atoms with van der Waals surface area (Å²) in [6.45, 7) is 2.09. The number of rotatable bonds is 5. The molecule has 0 amide bonds. The van der Waals surface area contributed by atoms with Gasteiger partial charge in [-0.15, -0.1) is 0 Å². The van der Waals surface area contributed by atoms with Crippen molar-refractivity contribution < 1.29 is 24.1 Å². The second-order valence-electron chi connectivity index (χ2n) is 4.23. The average molecular weight is 282 g/mol. The molecule has 2 rings (SSSR count). The molecule has 1 aromatic rings. The van der Waals surface area contributed by atoms with Crippen LogP contribution in [-0.2, 0) is 9.47 Å². The lowest BCUT2D eigenvalue weighted by molar-refractivity contribution is -0.394. The smallest absolute Gasteiger partial charge is 0.338 e. The maximum atomic E-state index is 11.8. The highest BCUT2D eigenvalue weighted by molar-refractivity contribution is 5.91. The molecule has 0 radical (unpaired) electrons. The maximum Gasteiger partial charge on any atom is 0.338 e. The van der Waals surface area contributed by atoms with Crippen LogP contribution < -0.4 is 0 Å². The van der Waals surface area contributed by atoms with Crippen LogP contribution in [0.2, 0.25) is 0 Å². The molecule has 20 heavy (non-hydrogen) atoms. The molecule has 1 aromatic carbocycles. The highest BCUT2D eigenvalue weighted by atomic mass is 16.6. The third-order valence-corrected chi connectivity index (χ3v) is 2.74. The van der Waals surface area contributed by atoms with Crippen molar-refractivity contribution >= 4 is 17.3 Å². The fourth-order valence-electron chi connectivity index (χ4n) is 1.56. The standard InChI is InChI=1S/C11H10N2O7/c1-6(10-5-19-10)20-11(14)7-2-8(12(15)16)4-9(3-7)13(17)18/h2-4,6,10H,5H2,1H3/t6-,10+/m1/s1. The molecule has 1 aliphatic heterocycles. The average Bonchev–Trinajstić information content (AvgIpc) is 3.22. The molecule has 1 heterocycles. The molecule has 0 saturated carbocycles. The lowest BCUT2D eigenvalue weighted by Crippen LogP contribution is -2.20. The quantitative estimate of drug-likeness (QED) is 0.346. The Morgan fingerprint density at radius 2 is 1.80 bits per heavy atom. The SMILES string of the molecule is C[C@@H](OC(=O)c1cc([N+](=O)[O-])cc([N+](=O)[O-])c1)[C@@H]1CO1. The van der Waals surface area contributed by atoms with Crippen molar-refractivity contribution in [2.45, 2.75) is 19.1 Å². The van der Waals surface area contributed by atoms with Crippen molar-refractivity contribution in [2.24, 2.45) is 0 Å². The first-order valence-electron chi connectivity index (χ1n) is 5.65. The van der Waals surface area contributed by atoms with E-state index >= 15 is 0 Å². The van der Waals surface area contributed by atoms with Crippen molar-refractivity contribution in [3.8, 4) is 0 Å². The molecule has 0 aliphatic carbocycles. The number of carbonyl (C=O) groups excluding carboxylic acids is 1. The normalized spacial score (nSPS) is 18.1. The molecule has 106 valence electrons. The van der Waals surface area contributed by atoms with Crippen molar-refractivity contribution in [2.75, 3.05) is 6.61 Å². The van der Waals surface area contributed by atoms with Gasteiger partial charge in [-0.25, -0.2) is 4.79 Å². The van der Waals surface area contributed by atoms with E-state index in [1.54, 1.807) is 6.92 Å². The summed E-state index contributed by atoms with van der Waals surface area (Å²) in [5.41, 5.74) is -1.32. The highest BCUT2D eigenvalue weighted by Gasteiger charge is 2.33. The maximum absolute atomic E-state index is 11.8. The Morgan fingerprint density at radius 3 is 2.20 bits per heavy atom. The number of esters is 1. The van der Waals surface area contributed by atoms with Gasteiger partial charge in [0, 0.05) is 12.1 Å². The van der Waals surface area contributed by atoms with E-state index < -0.39 is 33.3 Å². The van der Waals surface area contributed by atoms with E-state index in [0.29, 0.717) is 6.61 Å². The summed E-state index contributed by atoms with van der Waals surface area (Å²) in [4.78, 5) is 31.6. The van der Waals surface area contributed by atoms with Crippen molar-refractivity contribution in [1.82, 2.24) is 0 Å². The minimum atomic E-state index is -0.861. The molecule has 0 spiro atoms. The molecule has 1 fully saturated rings. The molecule has 1 saturated heterocycles. The third kappa shape index (κ3) is 3.06. The molecule has 0 aromatic heterocycles. The molecule has 0 unspecified atom stereocenters. The van der Waals surface area contributed by atoms with Gasteiger partial charge in [-0.2, -0.15) is 0 Å². The Labute approximate surface area is 112 Å². The van der Waals surface area contributed by atoms with Crippen LogP contribution in [0.25, 0.3) is 0 Å². The van der Waals surface area contributed by atoms with Crippen LogP contribution in [0.15, 0.2) is 18.2 Å². The van der Waals surface area contributed by atoms with Crippen molar-refractivity contribution in [3.63, 3.8) is 0 Å². The Hall–Kier alpha value is -2.55. The molecule has 2 atom stereocenters. The first-order valence-corrected chi connectivity index (χ1v) is 5.65. The number of carbonyl (C=O) groups is 1. The summed E-state index contributed by atoms with van der Waals surface area (Å²) in [5, 5.41) is 21.4. The lowest BCUT2D eigenvalue weighted by Gasteiger charge is -2.10. The van der Waals surface area contributed by atoms with E-state index in [2.05, 4.69) is 0 Å². The second-order valence-corrected chi connectivity index (χ2v) is 4.23. The molecule has 0 N–H and O–H groups in total. The van der Waals surface area contributed by atoms with Gasteiger partial charge in [-0.05, 0) is 6.92 Å². The Morgan fingerprint density at radius 1 is 1.30 bits per heavy atom. The van der Waals surface area contributed by atoms with Crippen LogP contribution in [0.3, 0.4) is 0 Å². The monoisotopic (exact) mass is 282 g/mol. The van der Waals surface area contributed by atoms with Gasteiger partial charge in [-0.3, -0.25) is 20.2 Å². The number of ether oxygens (including phenoxy) is 2. The first-order chi connectivity index (χ1) is 9.38. The van der Waals surface area contributed by atoms with Crippen LogP contribution in [0, 0.1) is 20.2 Å². The minimum Gasteiger partial charge on any atom is -0.456 e. The number of benzene rings is 1. The highest BCUT2D eigenvalue weighted by Crippen LogP contribution is 2.24. The third-order valence-electron chi connectivity index (χ3n) is 2.74. The van der Waals surface area contributed by atoms with Gasteiger partial charge in [0.2, 0.25) is 0 Å². The predicted octanol–water partition coefficient (Wildman–Crippen LogP) is 1.45. The van der Waals surface area contributed by atoms with Crippen LogP contribution in [0.1, 0.15) is 17.3 Å². The largest absolute Gasteiger partial charge is 0.456 e. The Balaban J connectivity index is 2.26. The lowest BCUT2D eigenvalue weighted by atomic mass is 10.1. The molecule has 0 bridgehead atoms. The zero-order valence-electron chi connectivity index (χ0n) is 10.3. The number of nitro benzene ring substituents is 2. The van der Waals surface area contributed by atoms with E-state index in [-0.39, 0.29) is 11.7 Å². The summed E-state index contributed by atoms with van der Waals surface area (Å²) in [6, 6.07) is 2.66. The number of hydrogen-bond acceptors (Lipinski definition) is 7. The van der Waals surface area contributed by atoms with Crippen LogP contribution in [0.5, 0.6) is 0 Å². The number of nitrogens with zero attached hydrogens (tertiary/aromatic N) is 2. The number of non-ortho nitro benzene ring substituents is 2. The van der Waals surface area contributed by atoms with Gasteiger partial charge >= 0.3 is 5.97 Å². The van der Waals surface area contributed by atoms with Gasteiger partial charge in [0.25, 0.3) is 11.4 Å². The predicted molar refractivity (Wildman–Crippen MR) is 64.4 cm³/mol. The summed E-state index contributed by atoms with van der Waals surface area (Å²) in [5.74, 6) is -0.861. The van der Waals surface area contributed by atoms with Gasteiger partial charge in [0.05, 0.1) is 28.1 Å². The minimum absolute atomic E-state index is 0.187. The second kappa shape index (κ2) is 5.21. The van der Waals surface area contributed by atoms with Gasteiger partial charge in [0.1, 0.15) is 12.2 Å². The van der Waals surface area contributed by atoms with Crippen molar-refractivity contribution in [1.29, 1.82) is 0 Å². The van der Waals surface area contributed by atoms with Crippen LogP contribution >= 0.6 is 0 Å².